The summed E-state index contributed by atoms with van der Waals surface area (Å²) in [5, 5.41) is 0.582. The predicted molar refractivity (Wildman–Crippen MR) is 82.8 cm³/mol. The van der Waals surface area contributed by atoms with Crippen molar-refractivity contribution in [2.24, 2.45) is 0 Å². The highest BCUT2D eigenvalue weighted by molar-refractivity contribution is 7.18. The van der Waals surface area contributed by atoms with Crippen LogP contribution in [0.3, 0.4) is 0 Å². The Morgan fingerprint density at radius 1 is 1.24 bits per heavy atom. The van der Waals surface area contributed by atoms with Crippen molar-refractivity contribution in [1.82, 2.24) is 19.9 Å². The Morgan fingerprint density at radius 2 is 2.00 bits per heavy atom. The maximum absolute atomic E-state index is 12.2. The number of nitrogens with zero attached hydrogens (tertiary/aromatic N) is 2. The Balaban J connectivity index is 2.21. The van der Waals surface area contributed by atoms with E-state index in [9.17, 15) is 9.59 Å². The number of hydrogen-bond donors (Lipinski definition) is 2. The van der Waals surface area contributed by atoms with Crippen LogP contribution in [0.25, 0.3) is 21.7 Å². The summed E-state index contributed by atoms with van der Waals surface area (Å²) in [5.74, 6) is 0.353. The van der Waals surface area contributed by atoms with Gasteiger partial charge in [-0.25, -0.2) is 9.97 Å². The van der Waals surface area contributed by atoms with Crippen LogP contribution in [0.5, 0.6) is 0 Å². The van der Waals surface area contributed by atoms with E-state index in [1.54, 1.807) is 0 Å². The van der Waals surface area contributed by atoms with Crippen molar-refractivity contribution in [1.29, 1.82) is 0 Å². The van der Waals surface area contributed by atoms with Gasteiger partial charge in [0.25, 0.3) is 11.1 Å². The fourth-order valence-electron chi connectivity index (χ4n) is 1.89. The van der Waals surface area contributed by atoms with Crippen LogP contribution in [0.1, 0.15) is 25.6 Å². The Bertz CT molecular complexity index is 910. The van der Waals surface area contributed by atoms with Gasteiger partial charge in [0, 0.05) is 11.1 Å². The van der Waals surface area contributed by atoms with E-state index in [0.717, 1.165) is 11.1 Å². The van der Waals surface area contributed by atoms with Crippen LogP contribution in [0, 0.1) is 0 Å². The standard InChI is InChI=1S/C14H14N4O2S/c1-14(2,3)9-4-7-12(20)17-11(18-13(7)21-9)8-5-16-10(19)6-15-8/h4-6H,1-3H3,(H,16,19)(H,17,18,20). The second-order valence-electron chi connectivity index (χ2n) is 5.79. The number of fused-ring (bicyclic) bond motifs is 1. The van der Waals surface area contributed by atoms with Crippen LogP contribution in [-0.4, -0.2) is 19.9 Å². The molecule has 3 heterocycles. The summed E-state index contributed by atoms with van der Waals surface area (Å²) in [6.07, 6.45) is 2.60. The van der Waals surface area contributed by atoms with Crippen molar-refractivity contribution in [3.8, 4) is 11.5 Å². The summed E-state index contributed by atoms with van der Waals surface area (Å²) in [6.45, 7) is 6.28. The number of H-pyrrole nitrogens is 2. The lowest BCUT2D eigenvalue weighted by molar-refractivity contribution is 0.604. The van der Waals surface area contributed by atoms with Crippen LogP contribution in [0.2, 0.25) is 0 Å². The van der Waals surface area contributed by atoms with Gasteiger partial charge in [0.05, 0.1) is 11.6 Å². The smallest absolute Gasteiger partial charge is 0.266 e. The number of hydrogen-bond acceptors (Lipinski definition) is 5. The molecule has 0 atom stereocenters. The quantitative estimate of drug-likeness (QED) is 0.719. The monoisotopic (exact) mass is 302 g/mol. The second kappa shape index (κ2) is 4.63. The van der Waals surface area contributed by atoms with Gasteiger partial charge in [-0.2, -0.15) is 0 Å². The SMILES string of the molecule is CC(C)(C)c1cc2c(=O)[nH]c(-c3c[nH]c(=O)cn3)nc2s1. The molecule has 3 aromatic heterocycles. The molecule has 0 bridgehead atoms. The van der Waals surface area contributed by atoms with Crippen molar-refractivity contribution in [2.45, 2.75) is 26.2 Å². The summed E-state index contributed by atoms with van der Waals surface area (Å²) in [4.78, 5) is 38.7. The first kappa shape index (κ1) is 13.7. The van der Waals surface area contributed by atoms with Crippen LogP contribution in [0.15, 0.2) is 28.0 Å². The van der Waals surface area contributed by atoms with Gasteiger partial charge < -0.3 is 9.97 Å². The van der Waals surface area contributed by atoms with E-state index in [0.29, 0.717) is 21.7 Å². The van der Waals surface area contributed by atoms with Gasteiger partial charge in [0.1, 0.15) is 10.5 Å². The fourth-order valence-corrected chi connectivity index (χ4v) is 2.98. The van der Waals surface area contributed by atoms with E-state index >= 15 is 0 Å². The highest BCUT2D eigenvalue weighted by Gasteiger charge is 2.19. The van der Waals surface area contributed by atoms with Crippen molar-refractivity contribution in [2.75, 3.05) is 0 Å². The van der Waals surface area contributed by atoms with Crippen molar-refractivity contribution in [3.63, 3.8) is 0 Å². The van der Waals surface area contributed by atoms with Crippen LogP contribution >= 0.6 is 11.3 Å². The lowest BCUT2D eigenvalue weighted by Crippen LogP contribution is -2.11. The van der Waals surface area contributed by atoms with Gasteiger partial charge in [-0.1, -0.05) is 20.8 Å². The molecule has 0 amide bonds. The summed E-state index contributed by atoms with van der Waals surface area (Å²) < 4.78 is 0. The summed E-state index contributed by atoms with van der Waals surface area (Å²) >= 11 is 1.50. The summed E-state index contributed by atoms with van der Waals surface area (Å²) in [5.41, 5.74) is -0.101. The molecular formula is C14H14N4O2S. The Hall–Kier alpha value is -2.28. The van der Waals surface area contributed by atoms with E-state index in [4.69, 9.17) is 0 Å². The molecule has 6 nitrogen and oxygen atoms in total. The number of nitrogens with one attached hydrogen (secondary N) is 2. The van der Waals surface area contributed by atoms with E-state index in [1.165, 1.54) is 17.5 Å². The first-order valence-electron chi connectivity index (χ1n) is 6.44. The number of rotatable bonds is 1. The molecule has 108 valence electrons. The minimum atomic E-state index is -0.298. The van der Waals surface area contributed by atoms with Gasteiger partial charge in [-0.15, -0.1) is 11.3 Å². The normalized spacial score (nSPS) is 12.0. The van der Waals surface area contributed by atoms with Gasteiger partial charge in [-0.3, -0.25) is 9.59 Å². The molecule has 0 aliphatic heterocycles. The van der Waals surface area contributed by atoms with Gasteiger partial charge >= 0.3 is 0 Å². The third kappa shape index (κ3) is 2.52. The molecule has 21 heavy (non-hydrogen) atoms. The molecule has 0 aliphatic rings. The molecule has 0 saturated heterocycles. The second-order valence-corrected chi connectivity index (χ2v) is 6.82. The zero-order valence-electron chi connectivity index (χ0n) is 11.9. The molecule has 0 spiro atoms. The Labute approximate surface area is 123 Å². The van der Waals surface area contributed by atoms with Gasteiger partial charge in [0.2, 0.25) is 0 Å². The van der Waals surface area contributed by atoms with Gasteiger partial charge in [-0.05, 0) is 11.5 Å². The van der Waals surface area contributed by atoms with Gasteiger partial charge in [0.15, 0.2) is 5.82 Å². The highest BCUT2D eigenvalue weighted by Crippen LogP contribution is 2.32. The van der Waals surface area contributed by atoms with Crippen LogP contribution in [0.4, 0.5) is 0 Å². The molecule has 0 radical (unpaired) electrons. The maximum atomic E-state index is 12.2. The molecule has 0 unspecified atom stereocenters. The number of thiophene rings is 1. The molecule has 0 saturated carbocycles. The van der Waals surface area contributed by atoms with Crippen molar-refractivity contribution in [3.05, 3.63) is 44.0 Å². The average molecular weight is 302 g/mol. The molecule has 0 fully saturated rings. The van der Waals surface area contributed by atoms with Crippen molar-refractivity contribution >= 4 is 21.6 Å². The number of aromatic amines is 2. The maximum Gasteiger partial charge on any atom is 0.266 e. The first-order valence-corrected chi connectivity index (χ1v) is 7.26. The molecule has 0 aromatic carbocycles. The third-order valence-electron chi connectivity index (χ3n) is 3.06. The summed E-state index contributed by atoms with van der Waals surface area (Å²) in [6, 6.07) is 1.88. The Kier molecular flexibility index (Phi) is 3.02. The zero-order chi connectivity index (χ0) is 15.2. The average Bonchev–Trinajstić information content (AvgIpc) is 2.84. The largest absolute Gasteiger partial charge is 0.325 e. The van der Waals surface area contributed by atoms with E-state index < -0.39 is 0 Å². The molecule has 0 aliphatic carbocycles. The minimum absolute atomic E-state index is 0.0335. The highest BCUT2D eigenvalue weighted by atomic mass is 32.1. The molecular weight excluding hydrogens is 288 g/mol. The molecule has 3 rings (SSSR count). The van der Waals surface area contributed by atoms with E-state index in [-0.39, 0.29) is 16.5 Å². The van der Waals surface area contributed by atoms with E-state index in [1.807, 2.05) is 6.07 Å². The topological polar surface area (TPSA) is 91.5 Å². The van der Waals surface area contributed by atoms with Crippen LogP contribution in [-0.2, 0) is 5.41 Å². The van der Waals surface area contributed by atoms with Crippen LogP contribution < -0.4 is 11.1 Å². The predicted octanol–water partition coefficient (Wildman–Crippen LogP) is 2.03. The van der Waals surface area contributed by atoms with Crippen molar-refractivity contribution < 1.29 is 0 Å². The lowest BCUT2D eigenvalue weighted by Gasteiger charge is -2.14. The molecule has 7 heteroatoms. The minimum Gasteiger partial charge on any atom is -0.325 e. The summed E-state index contributed by atoms with van der Waals surface area (Å²) in [7, 11) is 0. The van der Waals surface area contributed by atoms with E-state index in [2.05, 4.69) is 40.7 Å². The first-order chi connectivity index (χ1) is 9.84. The third-order valence-corrected chi connectivity index (χ3v) is 4.51. The number of aromatic nitrogens is 4. The Morgan fingerprint density at radius 3 is 2.62 bits per heavy atom. The fraction of sp³-hybridized carbons (Fsp3) is 0.286. The lowest BCUT2D eigenvalue weighted by atomic mass is 9.94. The molecule has 3 aromatic rings. The zero-order valence-corrected chi connectivity index (χ0v) is 12.7. The molecule has 2 N–H and O–H groups in total.